The molecule has 166 valence electrons. The first-order valence-electron chi connectivity index (χ1n) is 9.86. The smallest absolute Gasteiger partial charge is 0.243 e. The average Bonchev–Trinajstić information content (AvgIpc) is 3.29. The molecule has 0 bridgehead atoms. The van der Waals surface area contributed by atoms with Crippen molar-refractivity contribution in [2.24, 2.45) is 0 Å². The highest BCUT2D eigenvalue weighted by Crippen LogP contribution is 2.27. The molecule has 1 N–H and O–H groups in total. The Morgan fingerprint density at radius 3 is 2.42 bits per heavy atom. The van der Waals surface area contributed by atoms with Gasteiger partial charge >= 0.3 is 0 Å². The van der Waals surface area contributed by atoms with Gasteiger partial charge in [0.05, 0.1) is 27.7 Å². The molecule has 0 aliphatic heterocycles. The van der Waals surface area contributed by atoms with Crippen molar-refractivity contribution >= 4 is 44.6 Å². The van der Waals surface area contributed by atoms with Crippen LogP contribution in [0.3, 0.4) is 0 Å². The Bertz CT molecular complexity index is 1180. The maximum Gasteiger partial charge on any atom is 0.243 e. The predicted octanol–water partition coefficient (Wildman–Crippen LogP) is 4.42. The molecule has 0 saturated heterocycles. The number of nitrogens with one attached hydrogen (secondary N) is 1. The van der Waals surface area contributed by atoms with Crippen molar-refractivity contribution < 1.29 is 13.2 Å². The number of carbonyl (C=O) groups excluding carboxylic acids is 1. The van der Waals surface area contributed by atoms with Crippen LogP contribution in [0, 0.1) is 13.8 Å². The lowest BCUT2D eigenvalue weighted by molar-refractivity contribution is -0.115. The van der Waals surface area contributed by atoms with Crippen LogP contribution in [-0.4, -0.2) is 41.3 Å². The largest absolute Gasteiger partial charge is 0.324 e. The van der Waals surface area contributed by atoms with Crippen LogP contribution in [0.1, 0.15) is 30.9 Å². The molecule has 2 heterocycles. The molecular weight excluding hydrogens is 456 g/mol. The van der Waals surface area contributed by atoms with E-state index < -0.39 is 10.0 Å². The highest BCUT2D eigenvalue weighted by molar-refractivity contribution is 7.89. The number of amides is 1. The Morgan fingerprint density at radius 2 is 1.81 bits per heavy atom. The summed E-state index contributed by atoms with van der Waals surface area (Å²) in [6, 6.07) is 8.35. The lowest BCUT2D eigenvalue weighted by Gasteiger charge is -2.19. The van der Waals surface area contributed by atoms with Crippen LogP contribution in [0.4, 0.5) is 5.69 Å². The Kier molecular flexibility index (Phi) is 7.20. The van der Waals surface area contributed by atoms with E-state index in [-0.39, 0.29) is 27.9 Å². The number of nitrogens with zero attached hydrogens (tertiary/aromatic N) is 3. The van der Waals surface area contributed by atoms with Crippen molar-refractivity contribution in [3.8, 4) is 5.13 Å². The second-order valence-electron chi connectivity index (χ2n) is 7.03. The van der Waals surface area contributed by atoms with Gasteiger partial charge in [0.1, 0.15) is 0 Å². The van der Waals surface area contributed by atoms with Crippen molar-refractivity contribution in [3.05, 3.63) is 57.8 Å². The molecule has 0 unspecified atom stereocenters. The number of anilines is 1. The first kappa shape index (κ1) is 23.5. The lowest BCUT2D eigenvalue weighted by atomic mass is 10.3. The highest BCUT2D eigenvalue weighted by atomic mass is 35.5. The van der Waals surface area contributed by atoms with Crippen molar-refractivity contribution in [1.82, 2.24) is 13.9 Å². The molecule has 0 saturated carbocycles. The summed E-state index contributed by atoms with van der Waals surface area (Å²) in [5.74, 6) is -0.322. The number of benzene rings is 1. The Hall–Kier alpha value is -2.20. The summed E-state index contributed by atoms with van der Waals surface area (Å²) >= 11 is 7.67. The first-order chi connectivity index (χ1) is 14.7. The number of halogens is 1. The average molecular weight is 481 g/mol. The fourth-order valence-corrected chi connectivity index (χ4v) is 5.87. The summed E-state index contributed by atoms with van der Waals surface area (Å²) < 4.78 is 28.9. The SMILES string of the molecule is CCN(CC)S(=O)(=O)c1ccc(Cl)c(NC(=O)Cc2csc(-n3c(C)ccc3C)n2)c1. The number of rotatable bonds is 8. The van der Waals surface area contributed by atoms with E-state index in [4.69, 9.17) is 11.6 Å². The summed E-state index contributed by atoms with van der Waals surface area (Å²) in [7, 11) is -3.66. The maximum absolute atomic E-state index is 12.8. The van der Waals surface area contributed by atoms with E-state index in [9.17, 15) is 13.2 Å². The highest BCUT2D eigenvalue weighted by Gasteiger charge is 2.23. The van der Waals surface area contributed by atoms with Gasteiger partial charge < -0.3 is 5.32 Å². The van der Waals surface area contributed by atoms with E-state index in [1.54, 1.807) is 13.8 Å². The van der Waals surface area contributed by atoms with Crippen molar-refractivity contribution in [1.29, 1.82) is 0 Å². The van der Waals surface area contributed by atoms with E-state index in [0.717, 1.165) is 16.5 Å². The van der Waals surface area contributed by atoms with E-state index in [1.165, 1.54) is 33.8 Å². The van der Waals surface area contributed by atoms with Crippen LogP contribution < -0.4 is 5.32 Å². The molecule has 10 heteroatoms. The van der Waals surface area contributed by atoms with Gasteiger partial charge in [0.2, 0.25) is 15.9 Å². The maximum atomic E-state index is 12.8. The van der Waals surface area contributed by atoms with Crippen molar-refractivity contribution in [3.63, 3.8) is 0 Å². The van der Waals surface area contributed by atoms with Crippen molar-refractivity contribution in [2.45, 2.75) is 39.0 Å². The minimum atomic E-state index is -3.66. The first-order valence-corrected chi connectivity index (χ1v) is 12.6. The Labute approximate surface area is 191 Å². The molecule has 0 radical (unpaired) electrons. The van der Waals surface area contributed by atoms with Gasteiger partial charge in [0.15, 0.2) is 5.13 Å². The van der Waals surface area contributed by atoms with Crippen LogP contribution in [0.25, 0.3) is 5.13 Å². The van der Waals surface area contributed by atoms with Gasteiger partial charge in [0.25, 0.3) is 0 Å². The van der Waals surface area contributed by atoms with Gasteiger partial charge in [-0.2, -0.15) is 4.31 Å². The molecule has 7 nitrogen and oxygen atoms in total. The second kappa shape index (κ2) is 9.52. The molecule has 3 rings (SSSR count). The lowest BCUT2D eigenvalue weighted by Crippen LogP contribution is -2.30. The molecule has 0 spiro atoms. The third kappa shape index (κ3) is 5.01. The zero-order valence-corrected chi connectivity index (χ0v) is 20.2. The number of hydrogen-bond donors (Lipinski definition) is 1. The summed E-state index contributed by atoms with van der Waals surface area (Å²) in [5.41, 5.74) is 3.03. The fourth-order valence-electron chi connectivity index (χ4n) is 3.28. The molecule has 1 amide bonds. The quantitative estimate of drug-likeness (QED) is 0.517. The monoisotopic (exact) mass is 480 g/mol. The molecule has 31 heavy (non-hydrogen) atoms. The zero-order valence-electron chi connectivity index (χ0n) is 17.8. The fraction of sp³-hybridized carbons (Fsp3) is 0.333. The minimum absolute atomic E-state index is 0.0548. The third-order valence-electron chi connectivity index (χ3n) is 4.90. The van der Waals surface area contributed by atoms with Gasteiger partial charge in [-0.05, 0) is 44.2 Å². The van der Waals surface area contributed by atoms with E-state index in [2.05, 4.69) is 10.3 Å². The molecule has 2 aromatic heterocycles. The third-order valence-corrected chi connectivity index (χ3v) is 8.15. The summed E-state index contributed by atoms with van der Waals surface area (Å²) in [4.78, 5) is 17.3. The van der Waals surface area contributed by atoms with Gasteiger partial charge in [-0.25, -0.2) is 13.4 Å². The molecule has 0 fully saturated rings. The summed E-state index contributed by atoms with van der Waals surface area (Å²) in [6.07, 6.45) is 0.0548. The van der Waals surface area contributed by atoms with E-state index in [0.29, 0.717) is 18.8 Å². The molecule has 0 atom stereocenters. The minimum Gasteiger partial charge on any atom is -0.324 e. The van der Waals surface area contributed by atoms with Gasteiger partial charge in [-0.3, -0.25) is 9.36 Å². The number of sulfonamides is 1. The number of aryl methyl sites for hydroxylation is 2. The van der Waals surface area contributed by atoms with Crippen molar-refractivity contribution in [2.75, 3.05) is 18.4 Å². The van der Waals surface area contributed by atoms with Gasteiger partial charge in [-0.15, -0.1) is 11.3 Å². The molecule has 3 aromatic rings. The summed E-state index contributed by atoms with van der Waals surface area (Å²) in [5, 5.41) is 5.63. The van der Waals surface area contributed by atoms with Gasteiger partial charge in [-0.1, -0.05) is 25.4 Å². The van der Waals surface area contributed by atoms with Crippen LogP contribution >= 0.6 is 22.9 Å². The van der Waals surface area contributed by atoms with Crippen LogP contribution in [0.5, 0.6) is 0 Å². The van der Waals surface area contributed by atoms with Crippen LogP contribution in [0.15, 0.2) is 40.6 Å². The Balaban J connectivity index is 1.77. The summed E-state index contributed by atoms with van der Waals surface area (Å²) in [6.45, 7) is 8.27. The molecular formula is C21H25ClN4O3S2. The molecule has 1 aromatic carbocycles. The zero-order chi connectivity index (χ0) is 22.8. The number of hydrogen-bond acceptors (Lipinski definition) is 5. The Morgan fingerprint density at radius 1 is 1.16 bits per heavy atom. The standard InChI is InChI=1S/C21H25ClN4O3S2/c1-5-25(6-2)31(28,29)17-9-10-18(22)19(12-17)24-20(27)11-16-13-30-21(23-16)26-14(3)7-8-15(26)4/h7-10,12-13H,5-6,11H2,1-4H3,(H,24,27). The predicted molar refractivity (Wildman–Crippen MR) is 125 cm³/mol. The second-order valence-corrected chi connectivity index (χ2v) is 10.2. The van der Waals surface area contributed by atoms with Crippen LogP contribution in [-0.2, 0) is 21.2 Å². The van der Waals surface area contributed by atoms with E-state index in [1.807, 2.05) is 35.9 Å². The molecule has 0 aliphatic carbocycles. The number of aromatic nitrogens is 2. The molecule has 0 aliphatic rings. The number of thiazole rings is 1. The number of carbonyl (C=O) groups is 1. The van der Waals surface area contributed by atoms with E-state index >= 15 is 0 Å². The normalized spacial score (nSPS) is 11.8. The van der Waals surface area contributed by atoms with Gasteiger partial charge in [0, 0.05) is 29.9 Å². The topological polar surface area (TPSA) is 84.3 Å². The van der Waals surface area contributed by atoms with Crippen LogP contribution in [0.2, 0.25) is 5.02 Å².